The SMILES string of the molecule is Cl[PH2](Cl)c1ccccc1. The van der Waals surface area contributed by atoms with Crippen LogP contribution in [-0.4, -0.2) is 0 Å². The fraction of sp³-hybridized carbons (Fsp3) is 0. The molecule has 1 aromatic carbocycles. The molecule has 0 fully saturated rings. The van der Waals surface area contributed by atoms with Gasteiger partial charge in [0.05, 0.1) is 0 Å². The van der Waals surface area contributed by atoms with E-state index in [1.165, 1.54) is 0 Å². The molecule has 0 aliphatic rings. The summed E-state index contributed by atoms with van der Waals surface area (Å²) >= 11 is 11.4. The van der Waals surface area contributed by atoms with E-state index in [1.807, 2.05) is 30.3 Å². The van der Waals surface area contributed by atoms with Crippen molar-refractivity contribution in [3.8, 4) is 0 Å². The Balaban J connectivity index is 2.85. The summed E-state index contributed by atoms with van der Waals surface area (Å²) in [5, 5.41) is 1.08. The predicted molar refractivity (Wildman–Crippen MR) is 47.5 cm³/mol. The number of benzene rings is 1. The van der Waals surface area contributed by atoms with Crippen LogP contribution >= 0.6 is 29.1 Å². The molecule has 50 valence electrons. The average molecular weight is 181 g/mol. The Hall–Kier alpha value is 0.230. The second-order valence-corrected chi connectivity index (χ2v) is 6.27. The molecular formula is C6H7Cl2P. The van der Waals surface area contributed by atoms with Crippen molar-refractivity contribution in [1.82, 2.24) is 0 Å². The second-order valence-electron chi connectivity index (χ2n) is 1.71. The zero-order valence-electron chi connectivity index (χ0n) is 4.72. The van der Waals surface area contributed by atoms with Crippen molar-refractivity contribution in [3.63, 3.8) is 0 Å². The van der Waals surface area contributed by atoms with E-state index in [9.17, 15) is 0 Å². The fourth-order valence-electron chi connectivity index (χ4n) is 0.599. The van der Waals surface area contributed by atoms with Crippen molar-refractivity contribution in [2.75, 3.05) is 0 Å². The molecule has 0 aromatic heterocycles. The van der Waals surface area contributed by atoms with E-state index in [4.69, 9.17) is 22.5 Å². The monoisotopic (exact) mass is 180 g/mol. The van der Waals surface area contributed by atoms with Crippen LogP contribution in [0.5, 0.6) is 0 Å². The maximum atomic E-state index is 5.71. The zero-order valence-corrected chi connectivity index (χ0v) is 7.39. The molecule has 0 N–H and O–H groups in total. The average Bonchev–Trinajstić information content (AvgIpc) is 1.90. The Morgan fingerprint density at radius 2 is 1.56 bits per heavy atom. The van der Waals surface area contributed by atoms with E-state index >= 15 is 0 Å². The van der Waals surface area contributed by atoms with Crippen molar-refractivity contribution in [2.24, 2.45) is 0 Å². The molecule has 0 atom stereocenters. The van der Waals surface area contributed by atoms with E-state index in [-0.39, 0.29) is 0 Å². The third-order valence-corrected chi connectivity index (χ3v) is 3.45. The minimum atomic E-state index is -1.58. The summed E-state index contributed by atoms with van der Waals surface area (Å²) in [6, 6.07) is 9.75. The normalized spacial score (nSPS) is 11.1. The van der Waals surface area contributed by atoms with Gasteiger partial charge in [-0.15, -0.1) is 0 Å². The third kappa shape index (κ3) is 2.14. The summed E-state index contributed by atoms with van der Waals surface area (Å²) in [6.07, 6.45) is 0. The standard InChI is InChI=1S/C6H7Cl2P/c7-9(8)6-4-2-1-3-5-6/h1-5H,9H2. The van der Waals surface area contributed by atoms with Gasteiger partial charge < -0.3 is 0 Å². The quantitative estimate of drug-likeness (QED) is 0.584. The molecule has 0 heterocycles. The summed E-state index contributed by atoms with van der Waals surface area (Å²) in [4.78, 5) is 0. The van der Waals surface area contributed by atoms with Gasteiger partial charge in [-0.25, -0.2) is 0 Å². The maximum absolute atomic E-state index is 5.71. The van der Waals surface area contributed by atoms with Gasteiger partial charge in [-0.3, -0.25) is 0 Å². The molecule has 1 rings (SSSR count). The van der Waals surface area contributed by atoms with Crippen molar-refractivity contribution >= 4 is 34.4 Å². The van der Waals surface area contributed by atoms with Gasteiger partial charge in [0, 0.05) is 0 Å². The molecule has 0 amide bonds. The van der Waals surface area contributed by atoms with Gasteiger partial charge in [0.1, 0.15) is 0 Å². The predicted octanol–water partition coefficient (Wildman–Crippen LogP) is 2.57. The Bertz CT molecular complexity index is 174. The van der Waals surface area contributed by atoms with Crippen molar-refractivity contribution in [1.29, 1.82) is 0 Å². The molecule has 0 radical (unpaired) electrons. The molecule has 0 aliphatic heterocycles. The van der Waals surface area contributed by atoms with Crippen LogP contribution in [0.1, 0.15) is 0 Å². The molecule has 0 spiro atoms. The molecule has 0 aliphatic carbocycles. The number of rotatable bonds is 1. The van der Waals surface area contributed by atoms with Crippen LogP contribution in [-0.2, 0) is 0 Å². The van der Waals surface area contributed by atoms with Crippen LogP contribution < -0.4 is 5.30 Å². The van der Waals surface area contributed by atoms with Crippen LogP contribution in [0.2, 0.25) is 0 Å². The first-order valence-electron chi connectivity index (χ1n) is 2.64. The zero-order chi connectivity index (χ0) is 6.69. The van der Waals surface area contributed by atoms with Crippen molar-refractivity contribution in [3.05, 3.63) is 30.3 Å². The van der Waals surface area contributed by atoms with Gasteiger partial charge in [-0.05, 0) is 0 Å². The van der Waals surface area contributed by atoms with Crippen LogP contribution in [0, 0.1) is 0 Å². The number of halogens is 2. The van der Waals surface area contributed by atoms with Crippen molar-refractivity contribution in [2.45, 2.75) is 0 Å². The fourth-order valence-corrected chi connectivity index (χ4v) is 1.98. The first kappa shape index (κ1) is 7.34. The molecule has 0 saturated carbocycles. The molecular weight excluding hydrogens is 174 g/mol. The molecule has 0 unspecified atom stereocenters. The van der Waals surface area contributed by atoms with Crippen LogP contribution in [0.4, 0.5) is 0 Å². The van der Waals surface area contributed by atoms with Gasteiger partial charge in [-0.2, -0.15) is 0 Å². The molecule has 3 heteroatoms. The molecule has 9 heavy (non-hydrogen) atoms. The number of hydrogen-bond donors (Lipinski definition) is 0. The van der Waals surface area contributed by atoms with E-state index in [0.717, 1.165) is 5.30 Å². The minimum absolute atomic E-state index is 1.08. The second kappa shape index (κ2) is 3.41. The van der Waals surface area contributed by atoms with E-state index in [2.05, 4.69) is 0 Å². The van der Waals surface area contributed by atoms with E-state index in [0.29, 0.717) is 0 Å². The molecule has 0 nitrogen and oxygen atoms in total. The van der Waals surface area contributed by atoms with Crippen LogP contribution in [0.25, 0.3) is 0 Å². The van der Waals surface area contributed by atoms with Gasteiger partial charge in [0.2, 0.25) is 0 Å². The van der Waals surface area contributed by atoms with Crippen LogP contribution in [0.15, 0.2) is 30.3 Å². The summed E-state index contributed by atoms with van der Waals surface area (Å²) in [5.41, 5.74) is 0. The molecule has 0 saturated heterocycles. The Kier molecular flexibility index (Phi) is 2.78. The Morgan fingerprint density at radius 1 is 1.00 bits per heavy atom. The first-order chi connectivity index (χ1) is 4.30. The first-order valence-corrected chi connectivity index (χ1v) is 6.70. The van der Waals surface area contributed by atoms with E-state index < -0.39 is 6.63 Å². The number of hydrogen-bond acceptors (Lipinski definition) is 0. The summed E-state index contributed by atoms with van der Waals surface area (Å²) < 4.78 is 0. The van der Waals surface area contributed by atoms with Gasteiger partial charge >= 0.3 is 64.7 Å². The van der Waals surface area contributed by atoms with Crippen LogP contribution in [0.3, 0.4) is 0 Å². The topological polar surface area (TPSA) is 0 Å². The summed E-state index contributed by atoms with van der Waals surface area (Å²) in [6.45, 7) is -1.58. The Morgan fingerprint density at radius 3 is 1.89 bits per heavy atom. The summed E-state index contributed by atoms with van der Waals surface area (Å²) in [5.74, 6) is 0. The molecule has 0 bridgehead atoms. The van der Waals surface area contributed by atoms with Gasteiger partial charge in [0.15, 0.2) is 0 Å². The summed E-state index contributed by atoms with van der Waals surface area (Å²) in [7, 11) is 0. The van der Waals surface area contributed by atoms with Gasteiger partial charge in [-0.1, -0.05) is 0 Å². The Labute approximate surface area is 65.1 Å². The van der Waals surface area contributed by atoms with Crippen molar-refractivity contribution < 1.29 is 0 Å². The molecule has 1 aromatic rings. The van der Waals surface area contributed by atoms with Gasteiger partial charge in [0.25, 0.3) is 0 Å². The van der Waals surface area contributed by atoms with E-state index in [1.54, 1.807) is 0 Å². The third-order valence-electron chi connectivity index (χ3n) is 1.05.